The smallest absolute Gasteiger partial charge is 0.207 e. The molecule has 0 amide bonds. The number of nitrogens with one attached hydrogen (secondary N) is 1. The van der Waals surface area contributed by atoms with Crippen LogP contribution >= 0.6 is 11.6 Å². The molecule has 0 saturated heterocycles. The minimum absolute atomic E-state index is 0.0182. The van der Waals surface area contributed by atoms with Gasteiger partial charge in [-0.2, -0.15) is 5.26 Å². The third-order valence-electron chi connectivity index (χ3n) is 2.80. The molecule has 2 aromatic carbocycles. The van der Waals surface area contributed by atoms with Crippen molar-refractivity contribution in [3.63, 3.8) is 0 Å². The largest absolute Gasteiger partial charge is 0.242 e. The average Bonchev–Trinajstić information content (AvgIpc) is 2.46. The van der Waals surface area contributed by atoms with Gasteiger partial charge in [0.25, 0.3) is 0 Å². The van der Waals surface area contributed by atoms with E-state index in [0.717, 1.165) is 0 Å². The zero-order chi connectivity index (χ0) is 15.5. The fraction of sp³-hybridized carbons (Fsp3) is 0.0714. The highest BCUT2D eigenvalue weighted by Crippen LogP contribution is 2.20. The van der Waals surface area contributed by atoms with Crippen LogP contribution in [0.3, 0.4) is 0 Å². The van der Waals surface area contributed by atoms with Crippen LogP contribution in [0.4, 0.5) is 4.39 Å². The number of nitrogens with zero attached hydrogens (tertiary/aromatic N) is 1. The Bertz CT molecular complexity index is 796. The second-order valence-electron chi connectivity index (χ2n) is 4.13. The molecule has 0 saturated carbocycles. The van der Waals surface area contributed by atoms with Gasteiger partial charge in [0.15, 0.2) is 0 Å². The zero-order valence-corrected chi connectivity index (χ0v) is 12.2. The van der Waals surface area contributed by atoms with Crippen molar-refractivity contribution in [3.8, 4) is 6.07 Å². The van der Waals surface area contributed by atoms with Crippen molar-refractivity contribution in [3.05, 3.63) is 64.4 Å². The van der Waals surface area contributed by atoms with E-state index in [1.807, 2.05) is 0 Å². The Labute approximate surface area is 126 Å². The summed E-state index contributed by atoms with van der Waals surface area (Å²) in [5, 5.41) is 9.06. The molecule has 0 atom stereocenters. The number of nitriles is 1. The van der Waals surface area contributed by atoms with E-state index >= 15 is 0 Å². The van der Waals surface area contributed by atoms with Crippen LogP contribution in [-0.2, 0) is 16.6 Å². The molecule has 0 aromatic heterocycles. The molecule has 0 bridgehead atoms. The Morgan fingerprint density at radius 1 is 1.19 bits per heavy atom. The van der Waals surface area contributed by atoms with Crippen molar-refractivity contribution < 1.29 is 12.8 Å². The summed E-state index contributed by atoms with van der Waals surface area (Å²) in [6, 6.07) is 11.7. The first-order chi connectivity index (χ1) is 9.95. The van der Waals surface area contributed by atoms with Gasteiger partial charge in [-0.1, -0.05) is 29.8 Å². The van der Waals surface area contributed by atoms with E-state index in [1.165, 1.54) is 36.4 Å². The number of benzene rings is 2. The molecule has 0 unspecified atom stereocenters. The molecule has 0 fully saturated rings. The van der Waals surface area contributed by atoms with Gasteiger partial charge in [-0.25, -0.2) is 17.5 Å². The normalized spacial score (nSPS) is 11.1. The molecule has 4 nitrogen and oxygen atoms in total. The molecular formula is C14H10ClFN2O2S. The lowest BCUT2D eigenvalue weighted by molar-refractivity contribution is 0.574. The lowest BCUT2D eigenvalue weighted by Gasteiger charge is -2.09. The van der Waals surface area contributed by atoms with Crippen LogP contribution < -0.4 is 4.72 Å². The van der Waals surface area contributed by atoms with E-state index in [2.05, 4.69) is 4.72 Å². The van der Waals surface area contributed by atoms with Crippen LogP contribution in [-0.4, -0.2) is 8.42 Å². The summed E-state index contributed by atoms with van der Waals surface area (Å²) in [4.78, 5) is -0.153. The van der Waals surface area contributed by atoms with Crippen LogP contribution in [0.25, 0.3) is 0 Å². The molecule has 21 heavy (non-hydrogen) atoms. The molecular weight excluding hydrogens is 315 g/mol. The monoisotopic (exact) mass is 324 g/mol. The maximum Gasteiger partial charge on any atom is 0.242 e. The van der Waals surface area contributed by atoms with Crippen LogP contribution in [0.2, 0.25) is 5.02 Å². The first-order valence-corrected chi connectivity index (χ1v) is 7.73. The van der Waals surface area contributed by atoms with Gasteiger partial charge in [-0.15, -0.1) is 0 Å². The Hall–Kier alpha value is -1.94. The number of halogens is 2. The van der Waals surface area contributed by atoms with Crippen molar-refractivity contribution in [2.75, 3.05) is 0 Å². The molecule has 0 aliphatic rings. The molecule has 7 heteroatoms. The maximum atomic E-state index is 13.6. The summed E-state index contributed by atoms with van der Waals surface area (Å²) in [6.45, 7) is -0.298. The van der Waals surface area contributed by atoms with Gasteiger partial charge in [-0.05, 0) is 24.3 Å². The van der Waals surface area contributed by atoms with E-state index in [9.17, 15) is 12.8 Å². The topological polar surface area (TPSA) is 70.0 Å². The number of sulfonamides is 1. The van der Waals surface area contributed by atoms with Crippen molar-refractivity contribution >= 4 is 21.6 Å². The van der Waals surface area contributed by atoms with Crippen molar-refractivity contribution in [1.29, 1.82) is 5.26 Å². The summed E-state index contributed by atoms with van der Waals surface area (Å²) in [5.74, 6) is -0.598. The van der Waals surface area contributed by atoms with Gasteiger partial charge in [0, 0.05) is 17.1 Å². The van der Waals surface area contributed by atoms with E-state index in [1.54, 1.807) is 12.1 Å². The van der Waals surface area contributed by atoms with Gasteiger partial charge in [0.05, 0.1) is 10.5 Å². The predicted octanol–water partition coefficient (Wildman–Crippen LogP) is 2.83. The van der Waals surface area contributed by atoms with Gasteiger partial charge in [0.2, 0.25) is 10.0 Å². The van der Waals surface area contributed by atoms with E-state index in [4.69, 9.17) is 16.9 Å². The Morgan fingerprint density at radius 3 is 2.57 bits per heavy atom. The van der Waals surface area contributed by atoms with Crippen molar-refractivity contribution in [1.82, 2.24) is 4.72 Å². The summed E-state index contributed by atoms with van der Waals surface area (Å²) >= 11 is 5.84. The summed E-state index contributed by atoms with van der Waals surface area (Å²) in [7, 11) is -3.93. The van der Waals surface area contributed by atoms with Crippen molar-refractivity contribution in [2.45, 2.75) is 11.4 Å². The molecule has 0 spiro atoms. The average molecular weight is 325 g/mol. The highest BCUT2D eigenvalue weighted by molar-refractivity contribution is 7.89. The lowest BCUT2D eigenvalue weighted by Crippen LogP contribution is -2.24. The molecule has 2 aromatic rings. The first kappa shape index (κ1) is 15.4. The third kappa shape index (κ3) is 3.39. The minimum atomic E-state index is -3.93. The Morgan fingerprint density at radius 2 is 1.90 bits per heavy atom. The van der Waals surface area contributed by atoms with Crippen LogP contribution in [0, 0.1) is 17.1 Å². The molecule has 0 radical (unpaired) electrons. The first-order valence-electron chi connectivity index (χ1n) is 5.87. The molecule has 1 N–H and O–H groups in total. The van der Waals surface area contributed by atoms with Crippen LogP contribution in [0.15, 0.2) is 47.4 Å². The van der Waals surface area contributed by atoms with Gasteiger partial charge in [-0.3, -0.25) is 0 Å². The summed E-state index contributed by atoms with van der Waals surface area (Å²) in [5.41, 5.74) is 0.0711. The van der Waals surface area contributed by atoms with E-state index in [-0.39, 0.29) is 27.6 Å². The number of hydrogen-bond acceptors (Lipinski definition) is 3. The lowest BCUT2D eigenvalue weighted by atomic mass is 10.2. The molecule has 0 aliphatic carbocycles. The SMILES string of the molecule is N#Cc1ccccc1S(=O)(=O)NCc1c(F)cccc1Cl. The van der Waals surface area contributed by atoms with Gasteiger partial charge in [0.1, 0.15) is 11.9 Å². The van der Waals surface area contributed by atoms with Crippen LogP contribution in [0.5, 0.6) is 0 Å². The predicted molar refractivity (Wildman–Crippen MR) is 76.6 cm³/mol. The fourth-order valence-electron chi connectivity index (χ4n) is 1.74. The number of rotatable bonds is 4. The van der Waals surface area contributed by atoms with E-state index in [0.29, 0.717) is 0 Å². The van der Waals surface area contributed by atoms with Gasteiger partial charge >= 0.3 is 0 Å². The quantitative estimate of drug-likeness (QED) is 0.940. The van der Waals surface area contributed by atoms with Gasteiger partial charge < -0.3 is 0 Å². The highest BCUT2D eigenvalue weighted by Gasteiger charge is 2.19. The maximum absolute atomic E-state index is 13.6. The second-order valence-corrected chi connectivity index (χ2v) is 6.28. The molecule has 108 valence electrons. The zero-order valence-electron chi connectivity index (χ0n) is 10.7. The third-order valence-corrected chi connectivity index (χ3v) is 4.61. The summed E-state index contributed by atoms with van der Waals surface area (Å²) < 4.78 is 40.2. The Kier molecular flexibility index (Phi) is 4.58. The molecule has 0 aliphatic heterocycles. The highest BCUT2D eigenvalue weighted by atomic mass is 35.5. The number of hydrogen-bond donors (Lipinski definition) is 1. The minimum Gasteiger partial charge on any atom is -0.207 e. The van der Waals surface area contributed by atoms with E-state index < -0.39 is 15.8 Å². The standard InChI is InChI=1S/C14H10ClFN2O2S/c15-12-5-3-6-13(16)11(12)9-18-21(19,20)14-7-2-1-4-10(14)8-17/h1-7,18H,9H2. The van der Waals surface area contributed by atoms with Crippen molar-refractivity contribution in [2.24, 2.45) is 0 Å². The Balaban J connectivity index is 2.29. The fourth-order valence-corrected chi connectivity index (χ4v) is 3.12. The molecule has 2 rings (SSSR count). The molecule has 0 heterocycles. The second kappa shape index (κ2) is 6.22. The van der Waals surface area contributed by atoms with Crippen LogP contribution in [0.1, 0.15) is 11.1 Å². The summed E-state index contributed by atoms with van der Waals surface area (Å²) in [6.07, 6.45) is 0.